The number of nitrogens with one attached hydrogen (secondary N) is 3. The van der Waals surface area contributed by atoms with E-state index in [-0.39, 0.29) is 76.5 Å². The molecule has 8 rings (SSSR count). The molecule has 6 heterocycles. The van der Waals surface area contributed by atoms with Crippen molar-refractivity contribution in [3.8, 4) is 0 Å². The van der Waals surface area contributed by atoms with Crippen molar-refractivity contribution in [2.45, 2.75) is 86.4 Å². The zero-order valence-electron chi connectivity index (χ0n) is 39.0. The number of hydrogen-bond acceptors (Lipinski definition) is 14. The number of quaternary nitrogens is 1. The summed E-state index contributed by atoms with van der Waals surface area (Å²) in [6, 6.07) is 19.9. The maximum absolute atomic E-state index is 12.3. The van der Waals surface area contributed by atoms with Crippen molar-refractivity contribution in [3.63, 3.8) is 0 Å². The van der Waals surface area contributed by atoms with Crippen LogP contribution < -0.4 is 58.9 Å². The Morgan fingerprint density at radius 2 is 1.35 bits per heavy atom. The van der Waals surface area contributed by atoms with Gasteiger partial charge in [-0.15, -0.1) is 35.1 Å². The van der Waals surface area contributed by atoms with Crippen LogP contribution in [-0.2, 0) is 23.8 Å². The minimum atomic E-state index is -0.807. The normalized spacial score (nSPS) is 15.7. The highest BCUT2D eigenvalue weighted by Crippen LogP contribution is 2.43. The van der Waals surface area contributed by atoms with Crippen LogP contribution in [0.15, 0.2) is 65.7 Å². The van der Waals surface area contributed by atoms with E-state index in [2.05, 4.69) is 92.7 Å². The molecule has 0 saturated carbocycles. The molecule has 4 aromatic rings. The third-order valence-corrected chi connectivity index (χ3v) is 13.4. The molecule has 0 bridgehead atoms. The van der Waals surface area contributed by atoms with Gasteiger partial charge in [0.2, 0.25) is 0 Å². The molecule has 2 unspecified atom stereocenters. The second-order valence-corrected chi connectivity index (χ2v) is 19.9. The van der Waals surface area contributed by atoms with Gasteiger partial charge in [-0.2, -0.15) is 0 Å². The summed E-state index contributed by atoms with van der Waals surface area (Å²) >= 11 is 3.54. The van der Waals surface area contributed by atoms with Crippen molar-refractivity contribution in [1.82, 2.24) is 20.0 Å². The molecule has 2 fully saturated rings. The number of aryl methyl sites for hydroxylation is 2. The quantitative estimate of drug-likeness (QED) is 0.140. The number of methoxy groups -OCH3 is 2. The van der Waals surface area contributed by atoms with Gasteiger partial charge in [0, 0.05) is 84.5 Å². The Kier molecular flexibility index (Phi) is 25.4. The van der Waals surface area contributed by atoms with Gasteiger partial charge in [-0.05, 0) is 89.8 Å². The molecule has 14 nitrogen and oxygen atoms in total. The van der Waals surface area contributed by atoms with Crippen molar-refractivity contribution in [1.29, 1.82) is 0 Å². The number of nitrogens with zero attached hydrogens (tertiary/aromatic N) is 4. The molecular weight excluding hydrogens is 1000 g/mol. The summed E-state index contributed by atoms with van der Waals surface area (Å²) < 4.78 is 15.1. The fraction of sp³-hybridized carbons (Fsp3) is 0.469. The second kappa shape index (κ2) is 28.0. The number of para-hydroxylation sites is 3. The standard InChI is InChI=1S/C25H33N5O4S.C22H27N3O2S.2CH4.4ClH/c1-16-14-17-21(26-18-8-6-7-9-19(18)27-22(17)35-16)30-12-10-29(11-13-30)15-20(23(31)33-5)28-24(32)34-25(2,3)4;1-14-11-17-20(13-16-5-3-4-6-19(16)24-21(17)28-14)25-9-7-15(8-10-25)12-18(23)22(26)27-2;;;;;;/h6-9,14,20,27H,10-13,15H2,1-5H3,(H,28,32);3-6,11,13,15,18,24H,7-10,12,23H2,1-2H3;2*1H4;4*1H/p-2. The van der Waals surface area contributed by atoms with E-state index in [4.69, 9.17) is 19.2 Å². The summed E-state index contributed by atoms with van der Waals surface area (Å²) in [4.78, 5) is 50.8. The number of carbonyl (C=O) groups excluding carboxylic acids is 3. The van der Waals surface area contributed by atoms with Gasteiger partial charge in [-0.25, -0.2) is 19.4 Å². The molecule has 384 valence electrons. The van der Waals surface area contributed by atoms with Crippen LogP contribution >= 0.6 is 35.1 Å². The maximum Gasteiger partial charge on any atom is 0.408 e. The van der Waals surface area contributed by atoms with Crippen LogP contribution in [0.3, 0.4) is 0 Å². The van der Waals surface area contributed by atoms with Gasteiger partial charge in [-0.1, -0.05) is 45.2 Å². The van der Waals surface area contributed by atoms with Crippen molar-refractivity contribution >= 4 is 97.8 Å². The minimum Gasteiger partial charge on any atom is -1.00 e. The number of hydrogen-bond donors (Lipinski definition) is 4. The van der Waals surface area contributed by atoms with Gasteiger partial charge in [-0.3, -0.25) is 4.90 Å². The van der Waals surface area contributed by atoms with Crippen molar-refractivity contribution in [3.05, 3.63) is 87.1 Å². The summed E-state index contributed by atoms with van der Waals surface area (Å²) in [5, 5.41) is 12.2. The van der Waals surface area contributed by atoms with E-state index in [0.717, 1.165) is 92.0 Å². The summed E-state index contributed by atoms with van der Waals surface area (Å²) in [6.45, 7) is 14.9. The van der Waals surface area contributed by atoms with E-state index in [0.29, 0.717) is 12.5 Å². The Balaban J connectivity index is 0.000000646. The van der Waals surface area contributed by atoms with Gasteiger partial charge in [0.05, 0.1) is 31.2 Å². The monoisotopic (exact) mass is 1070 g/mol. The molecule has 2 saturated heterocycles. The molecule has 4 aliphatic heterocycles. The molecule has 2 aromatic heterocycles. The number of fused-ring (bicyclic) bond motifs is 4. The smallest absolute Gasteiger partial charge is 0.408 e. The first-order valence-electron chi connectivity index (χ1n) is 21.6. The Labute approximate surface area is 441 Å². The molecule has 1 amide bonds. The van der Waals surface area contributed by atoms with Crippen molar-refractivity contribution < 1.29 is 71.5 Å². The highest BCUT2D eigenvalue weighted by Gasteiger charge is 2.32. The highest BCUT2D eigenvalue weighted by molar-refractivity contribution is 7.16. The predicted octanol–water partition coefficient (Wildman–Crippen LogP) is 0.0789. The lowest BCUT2D eigenvalue weighted by Crippen LogP contribution is -3.00. The van der Waals surface area contributed by atoms with Crippen LogP contribution in [-0.4, -0.2) is 116 Å². The Bertz CT molecular complexity index is 2360. The number of piperidine rings is 1. The molecule has 4 aliphatic rings. The lowest BCUT2D eigenvalue weighted by molar-refractivity contribution is -0.411. The topological polar surface area (TPSA) is 165 Å². The lowest BCUT2D eigenvalue weighted by Gasteiger charge is -2.37. The number of anilines is 4. The first kappa shape index (κ1) is 62.8. The summed E-state index contributed by atoms with van der Waals surface area (Å²) in [6.07, 6.45) is 4.65. The number of thiophene rings is 2. The number of ether oxygens (including phenoxy) is 3. The fourth-order valence-corrected chi connectivity index (χ4v) is 10.2. The van der Waals surface area contributed by atoms with Gasteiger partial charge >= 0.3 is 18.0 Å². The van der Waals surface area contributed by atoms with E-state index < -0.39 is 23.7 Å². The Morgan fingerprint density at radius 1 is 0.797 bits per heavy atom. The van der Waals surface area contributed by atoms with Gasteiger partial charge < -0.3 is 82.9 Å². The third kappa shape index (κ3) is 16.1. The fourth-order valence-electron chi connectivity index (χ4n) is 8.38. The van der Waals surface area contributed by atoms with E-state index in [9.17, 15) is 14.4 Å². The summed E-state index contributed by atoms with van der Waals surface area (Å²) in [5.41, 5.74) is 11.3. The van der Waals surface area contributed by atoms with E-state index in [1.807, 2.05) is 35.6 Å². The number of amides is 1. The second-order valence-electron chi connectivity index (χ2n) is 17.4. The van der Waals surface area contributed by atoms with Crippen LogP contribution in [0, 0.1) is 19.8 Å². The molecule has 0 spiro atoms. The van der Waals surface area contributed by atoms with Crippen molar-refractivity contribution in [2.75, 3.05) is 70.7 Å². The van der Waals surface area contributed by atoms with Crippen LogP contribution in [0.2, 0.25) is 0 Å². The van der Waals surface area contributed by atoms with Gasteiger partial charge in [0.1, 0.15) is 27.5 Å². The number of aliphatic imine (C=N–C) groups is 1. The number of benzene rings is 2. The Morgan fingerprint density at radius 3 is 1.96 bits per heavy atom. The molecule has 20 heteroatoms. The number of esters is 2. The number of alkyl carbamates (subject to hydrolysis) is 1. The molecule has 69 heavy (non-hydrogen) atoms. The molecule has 2 aromatic carbocycles. The minimum absolute atomic E-state index is 0. The number of likely N-dealkylation sites (tertiary alicyclic amines) is 1. The Hall–Kier alpha value is -4.26. The van der Waals surface area contributed by atoms with Crippen molar-refractivity contribution in [2.24, 2.45) is 10.9 Å². The van der Waals surface area contributed by atoms with E-state index >= 15 is 0 Å². The zero-order valence-corrected chi connectivity index (χ0v) is 43.7. The van der Waals surface area contributed by atoms with E-state index in [1.54, 1.807) is 32.1 Å². The molecule has 0 aliphatic carbocycles. The number of halogens is 4. The van der Waals surface area contributed by atoms with Gasteiger partial charge in [0.25, 0.3) is 0 Å². The lowest BCUT2D eigenvalue weighted by atomic mass is 9.90. The van der Waals surface area contributed by atoms with Crippen LogP contribution in [0.25, 0.3) is 11.8 Å². The predicted molar refractivity (Wildman–Crippen MR) is 273 cm³/mol. The number of carbonyl (C=O) groups is 3. The SMILES string of the molecule is C.C.COC(=O)C(CN1CCN(C2=Nc3ccccc3Nc3sc(C)cc32)CC1)NC(=O)OC(C)(C)C.COC(=O)C([NH3+])CC1CCN(C2=Cc3ccccc3Nc3sc(C)cc32)CC1.Cl.[Cl-].[Cl-].[Cl-]. The first-order chi connectivity index (χ1) is 30.2. The largest absolute Gasteiger partial charge is 1.00 e. The first-order valence-corrected chi connectivity index (χ1v) is 23.3. The average molecular weight is 1070 g/mol. The number of rotatable bonds is 8. The molecular formula is C49H70Cl4N8O6S2-2. The summed E-state index contributed by atoms with van der Waals surface area (Å²) in [5.74, 6) is 0.790. The summed E-state index contributed by atoms with van der Waals surface area (Å²) in [7, 11) is 2.76. The molecule has 2 atom stereocenters. The number of amidine groups is 1. The highest BCUT2D eigenvalue weighted by atomic mass is 35.5. The van der Waals surface area contributed by atoms with Crippen LogP contribution in [0.5, 0.6) is 0 Å². The van der Waals surface area contributed by atoms with Crippen LogP contribution in [0.4, 0.5) is 31.9 Å². The molecule has 0 radical (unpaired) electrons. The van der Waals surface area contributed by atoms with Gasteiger partial charge in [0.15, 0.2) is 6.04 Å². The molecule has 6 N–H and O–H groups in total. The number of piperazine rings is 1. The average Bonchev–Trinajstić information content (AvgIpc) is 3.72. The third-order valence-electron chi connectivity index (χ3n) is 11.5. The van der Waals surface area contributed by atoms with Crippen LogP contribution in [0.1, 0.15) is 81.3 Å². The zero-order chi connectivity index (χ0) is 44.8. The maximum atomic E-state index is 12.3. The van der Waals surface area contributed by atoms with E-state index in [1.165, 1.54) is 45.8 Å².